The highest BCUT2D eigenvalue weighted by Gasteiger charge is 2.26. The van der Waals surface area contributed by atoms with E-state index in [9.17, 15) is 8.42 Å². The zero-order chi connectivity index (χ0) is 14.0. The lowest BCUT2D eigenvalue weighted by atomic mass is 9.85. The third kappa shape index (κ3) is 3.38. The topological polar surface area (TPSA) is 62.3 Å². The third-order valence-electron chi connectivity index (χ3n) is 3.26. The van der Waals surface area contributed by atoms with E-state index in [0.717, 1.165) is 19.4 Å². The molecule has 1 aliphatic carbocycles. The van der Waals surface area contributed by atoms with Crippen molar-refractivity contribution in [1.29, 1.82) is 0 Å². The van der Waals surface area contributed by atoms with Crippen LogP contribution in [-0.4, -0.2) is 43.7 Å². The van der Waals surface area contributed by atoms with Crippen LogP contribution in [-0.2, 0) is 10.0 Å². The molecule has 1 aromatic heterocycles. The standard InChI is InChI=1S/C12H18ClN3O2S/c1-16(2)19(17,18)11-3-4-12(15-8-11)14-7-9-5-10(13)6-9/h3-4,8-10H,5-7H2,1-2H3,(H,14,15). The van der Waals surface area contributed by atoms with Crippen molar-refractivity contribution >= 4 is 27.4 Å². The van der Waals surface area contributed by atoms with Crippen molar-refractivity contribution in [2.75, 3.05) is 26.0 Å². The predicted molar refractivity (Wildman–Crippen MR) is 76.0 cm³/mol. The number of anilines is 1. The van der Waals surface area contributed by atoms with Gasteiger partial charge in [0.1, 0.15) is 10.7 Å². The lowest BCUT2D eigenvalue weighted by Crippen LogP contribution is -2.30. The molecule has 0 radical (unpaired) electrons. The Labute approximate surface area is 119 Å². The molecule has 1 aromatic rings. The Hall–Kier alpha value is -0.850. The van der Waals surface area contributed by atoms with Crippen molar-refractivity contribution in [3.05, 3.63) is 18.3 Å². The second-order valence-electron chi connectivity index (χ2n) is 4.98. The maximum absolute atomic E-state index is 11.9. The van der Waals surface area contributed by atoms with Gasteiger partial charge in [-0.15, -0.1) is 11.6 Å². The van der Waals surface area contributed by atoms with Crippen LogP contribution in [0.3, 0.4) is 0 Å². The summed E-state index contributed by atoms with van der Waals surface area (Å²) in [4.78, 5) is 4.33. The van der Waals surface area contributed by atoms with Gasteiger partial charge < -0.3 is 5.32 Å². The molecule has 2 rings (SSSR count). The van der Waals surface area contributed by atoms with E-state index in [1.54, 1.807) is 12.1 Å². The second-order valence-corrected chi connectivity index (χ2v) is 7.75. The van der Waals surface area contributed by atoms with Gasteiger partial charge in [0.15, 0.2) is 0 Å². The molecule has 106 valence electrons. The van der Waals surface area contributed by atoms with Crippen molar-refractivity contribution in [3.8, 4) is 0 Å². The van der Waals surface area contributed by atoms with Crippen LogP contribution in [0, 0.1) is 5.92 Å². The molecule has 1 heterocycles. The largest absolute Gasteiger partial charge is 0.370 e. The van der Waals surface area contributed by atoms with Crippen molar-refractivity contribution in [2.24, 2.45) is 5.92 Å². The summed E-state index contributed by atoms with van der Waals surface area (Å²) < 4.78 is 24.9. The first kappa shape index (κ1) is 14.6. The van der Waals surface area contributed by atoms with Gasteiger partial charge in [-0.25, -0.2) is 17.7 Å². The van der Waals surface area contributed by atoms with Crippen LogP contribution in [0.1, 0.15) is 12.8 Å². The van der Waals surface area contributed by atoms with Crippen molar-refractivity contribution in [3.63, 3.8) is 0 Å². The molecule has 0 amide bonds. The van der Waals surface area contributed by atoms with Gasteiger partial charge in [-0.2, -0.15) is 0 Å². The van der Waals surface area contributed by atoms with Gasteiger partial charge >= 0.3 is 0 Å². The summed E-state index contributed by atoms with van der Waals surface area (Å²) in [5, 5.41) is 3.51. The predicted octanol–water partition coefficient (Wildman–Crippen LogP) is 1.76. The summed E-state index contributed by atoms with van der Waals surface area (Å²) >= 11 is 5.91. The molecular weight excluding hydrogens is 286 g/mol. The average Bonchev–Trinajstić information content (AvgIpc) is 2.33. The molecule has 1 N–H and O–H groups in total. The minimum absolute atomic E-state index is 0.201. The van der Waals surface area contributed by atoms with E-state index >= 15 is 0 Å². The molecule has 0 saturated heterocycles. The highest BCUT2D eigenvalue weighted by molar-refractivity contribution is 7.89. The maximum atomic E-state index is 11.9. The Morgan fingerprint density at radius 2 is 2.11 bits per heavy atom. The van der Waals surface area contributed by atoms with Gasteiger partial charge in [-0.1, -0.05) is 0 Å². The Balaban J connectivity index is 1.95. The number of rotatable bonds is 5. The molecule has 1 saturated carbocycles. The molecule has 1 fully saturated rings. The number of halogens is 1. The Morgan fingerprint density at radius 1 is 1.42 bits per heavy atom. The summed E-state index contributed by atoms with van der Waals surface area (Å²) in [7, 11) is -0.399. The number of sulfonamides is 1. The van der Waals surface area contributed by atoms with E-state index in [0.29, 0.717) is 17.1 Å². The van der Waals surface area contributed by atoms with E-state index in [4.69, 9.17) is 11.6 Å². The summed E-state index contributed by atoms with van der Waals surface area (Å²) in [6.07, 6.45) is 3.44. The SMILES string of the molecule is CN(C)S(=O)(=O)c1ccc(NCC2CC(Cl)C2)nc1. The molecule has 0 spiro atoms. The van der Waals surface area contributed by atoms with Gasteiger partial charge in [0.2, 0.25) is 10.0 Å². The zero-order valence-corrected chi connectivity index (χ0v) is 12.6. The van der Waals surface area contributed by atoms with Gasteiger partial charge in [-0.05, 0) is 30.9 Å². The molecular formula is C12H18ClN3O2S. The average molecular weight is 304 g/mol. The number of nitrogens with zero attached hydrogens (tertiary/aromatic N) is 2. The lowest BCUT2D eigenvalue weighted by Gasteiger charge is -2.30. The van der Waals surface area contributed by atoms with Crippen LogP contribution in [0.5, 0.6) is 0 Å². The fraction of sp³-hybridized carbons (Fsp3) is 0.583. The van der Waals surface area contributed by atoms with E-state index < -0.39 is 10.0 Å². The van der Waals surface area contributed by atoms with Crippen molar-refractivity contribution in [1.82, 2.24) is 9.29 Å². The van der Waals surface area contributed by atoms with Gasteiger partial charge in [0, 0.05) is 32.2 Å². The molecule has 19 heavy (non-hydrogen) atoms. The Morgan fingerprint density at radius 3 is 2.58 bits per heavy atom. The number of nitrogens with one attached hydrogen (secondary N) is 1. The summed E-state index contributed by atoms with van der Waals surface area (Å²) in [6.45, 7) is 0.829. The minimum atomic E-state index is -3.40. The Bertz CT molecular complexity index is 524. The minimum Gasteiger partial charge on any atom is -0.370 e. The summed E-state index contributed by atoms with van der Waals surface area (Å²) in [5.74, 6) is 1.28. The fourth-order valence-electron chi connectivity index (χ4n) is 1.92. The van der Waals surface area contributed by atoms with Crippen LogP contribution in [0.25, 0.3) is 0 Å². The molecule has 0 aliphatic heterocycles. The van der Waals surface area contributed by atoms with Crippen LogP contribution >= 0.6 is 11.6 Å². The van der Waals surface area contributed by atoms with Gasteiger partial charge in [0.25, 0.3) is 0 Å². The van der Waals surface area contributed by atoms with Crippen LogP contribution in [0.15, 0.2) is 23.2 Å². The normalized spacial score (nSPS) is 23.2. The molecule has 1 aliphatic rings. The number of hydrogen-bond donors (Lipinski definition) is 1. The number of aromatic nitrogens is 1. The zero-order valence-electron chi connectivity index (χ0n) is 11.0. The molecule has 0 aromatic carbocycles. The monoisotopic (exact) mass is 303 g/mol. The Kier molecular flexibility index (Phi) is 4.32. The van der Waals surface area contributed by atoms with Crippen LogP contribution in [0.2, 0.25) is 0 Å². The van der Waals surface area contributed by atoms with Crippen molar-refractivity contribution in [2.45, 2.75) is 23.1 Å². The first-order chi connectivity index (χ1) is 8.89. The van der Waals surface area contributed by atoms with E-state index in [2.05, 4.69) is 10.3 Å². The third-order valence-corrected chi connectivity index (χ3v) is 5.42. The first-order valence-electron chi connectivity index (χ1n) is 6.16. The highest BCUT2D eigenvalue weighted by atomic mass is 35.5. The fourth-order valence-corrected chi connectivity index (χ4v) is 3.27. The lowest BCUT2D eigenvalue weighted by molar-refractivity contribution is 0.341. The quantitative estimate of drug-likeness (QED) is 0.842. The number of hydrogen-bond acceptors (Lipinski definition) is 4. The summed E-state index contributed by atoms with van der Waals surface area (Å²) in [5.41, 5.74) is 0. The highest BCUT2D eigenvalue weighted by Crippen LogP contribution is 2.31. The van der Waals surface area contributed by atoms with E-state index in [1.165, 1.54) is 24.6 Å². The van der Waals surface area contributed by atoms with Crippen LogP contribution in [0.4, 0.5) is 5.82 Å². The first-order valence-corrected chi connectivity index (χ1v) is 8.04. The maximum Gasteiger partial charge on any atom is 0.244 e. The molecule has 0 bridgehead atoms. The molecule has 7 heteroatoms. The molecule has 0 unspecified atom stereocenters. The van der Waals surface area contributed by atoms with E-state index in [1.807, 2.05) is 0 Å². The number of alkyl halides is 1. The van der Waals surface area contributed by atoms with Gasteiger partial charge in [-0.3, -0.25) is 0 Å². The number of pyridine rings is 1. The molecule has 5 nitrogen and oxygen atoms in total. The molecule has 0 atom stereocenters. The van der Waals surface area contributed by atoms with Crippen molar-refractivity contribution < 1.29 is 8.42 Å². The van der Waals surface area contributed by atoms with Gasteiger partial charge in [0.05, 0.1) is 0 Å². The summed E-state index contributed by atoms with van der Waals surface area (Å²) in [6, 6.07) is 3.25. The van der Waals surface area contributed by atoms with E-state index in [-0.39, 0.29) is 4.90 Å². The second kappa shape index (κ2) is 5.64. The van der Waals surface area contributed by atoms with Crippen LogP contribution < -0.4 is 5.32 Å². The smallest absolute Gasteiger partial charge is 0.244 e.